The molecule has 5 N–H and O–H groups in total. The predicted molar refractivity (Wildman–Crippen MR) is 60.2 cm³/mol. The molecule has 1 aromatic carbocycles. The Bertz CT molecular complexity index is 515. The van der Waals surface area contributed by atoms with Crippen molar-refractivity contribution in [3.05, 3.63) is 23.2 Å². The average molecular weight is 264 g/mol. The van der Waals surface area contributed by atoms with Gasteiger partial charge in [-0.05, 0) is 18.2 Å². The van der Waals surface area contributed by atoms with E-state index < -0.39 is 22.5 Å². The molecule has 0 unspecified atom stereocenters. The molecule has 0 aromatic heterocycles. The second-order valence-corrected chi connectivity index (χ2v) is 5.12. The van der Waals surface area contributed by atoms with Gasteiger partial charge in [-0.1, -0.05) is 11.6 Å². The number of rotatable bonds is 4. The van der Waals surface area contributed by atoms with E-state index in [4.69, 9.17) is 23.1 Å². The van der Waals surface area contributed by atoms with Crippen molar-refractivity contribution in [3.63, 3.8) is 0 Å². The largest absolute Gasteiger partial charge is 0.399 e. The van der Waals surface area contributed by atoms with E-state index >= 15 is 0 Å². The summed E-state index contributed by atoms with van der Waals surface area (Å²) in [5.41, 5.74) is 10.5. The van der Waals surface area contributed by atoms with Gasteiger partial charge in [0.25, 0.3) is 0 Å². The molecule has 0 aliphatic carbocycles. The lowest BCUT2D eigenvalue weighted by molar-refractivity contribution is -0.116. The summed E-state index contributed by atoms with van der Waals surface area (Å²) in [6.07, 6.45) is 0. The van der Waals surface area contributed by atoms with E-state index in [1.165, 1.54) is 18.2 Å². The Morgan fingerprint density at radius 3 is 2.62 bits per heavy atom. The minimum atomic E-state index is -3.87. The van der Waals surface area contributed by atoms with Crippen molar-refractivity contribution in [2.45, 2.75) is 4.90 Å². The van der Waals surface area contributed by atoms with E-state index in [-0.39, 0.29) is 15.6 Å². The van der Waals surface area contributed by atoms with Crippen LogP contribution in [0.25, 0.3) is 0 Å². The van der Waals surface area contributed by atoms with Crippen LogP contribution >= 0.6 is 11.6 Å². The maximum Gasteiger partial charge on any atom is 0.242 e. The standard InChI is InChI=1S/C8H10ClN3O3S/c9-6-2-1-5(10)3-7(6)16(14,15)12-4-8(11)13/h1-3,12H,4,10H2,(H2,11,13). The molecule has 0 aliphatic rings. The van der Waals surface area contributed by atoms with Crippen molar-refractivity contribution in [2.75, 3.05) is 12.3 Å². The number of nitrogens with one attached hydrogen (secondary N) is 1. The molecule has 1 rings (SSSR count). The van der Waals surface area contributed by atoms with Crippen LogP contribution in [-0.4, -0.2) is 20.9 Å². The minimum absolute atomic E-state index is 0.0196. The van der Waals surface area contributed by atoms with Crippen LogP contribution in [0.3, 0.4) is 0 Å². The molecule has 0 fully saturated rings. The normalized spacial score (nSPS) is 11.3. The first-order valence-electron chi connectivity index (χ1n) is 4.16. The van der Waals surface area contributed by atoms with E-state index in [0.29, 0.717) is 0 Å². The number of nitrogens with two attached hydrogens (primary N) is 2. The van der Waals surface area contributed by atoms with Gasteiger partial charge in [0.05, 0.1) is 11.6 Å². The van der Waals surface area contributed by atoms with Gasteiger partial charge < -0.3 is 11.5 Å². The van der Waals surface area contributed by atoms with Crippen LogP contribution in [0.5, 0.6) is 0 Å². The number of hydrogen-bond donors (Lipinski definition) is 3. The Morgan fingerprint density at radius 2 is 2.06 bits per heavy atom. The van der Waals surface area contributed by atoms with Gasteiger partial charge in [-0.2, -0.15) is 0 Å². The summed E-state index contributed by atoms with van der Waals surface area (Å²) in [4.78, 5) is 10.3. The first kappa shape index (κ1) is 12.8. The Hall–Kier alpha value is -1.31. The summed E-state index contributed by atoms with van der Waals surface area (Å²) in [6, 6.07) is 4.02. The molecule has 6 nitrogen and oxygen atoms in total. The van der Waals surface area contributed by atoms with E-state index in [1.54, 1.807) is 0 Å². The number of sulfonamides is 1. The smallest absolute Gasteiger partial charge is 0.242 e. The summed E-state index contributed by atoms with van der Waals surface area (Å²) in [5, 5.41) is 0.0196. The van der Waals surface area contributed by atoms with E-state index in [0.717, 1.165) is 0 Å². The fourth-order valence-corrected chi connectivity index (χ4v) is 2.50. The molecule has 0 bridgehead atoms. The maximum atomic E-state index is 11.7. The van der Waals surface area contributed by atoms with Gasteiger partial charge in [-0.25, -0.2) is 13.1 Å². The third kappa shape index (κ3) is 3.09. The molecule has 0 saturated heterocycles. The van der Waals surface area contributed by atoms with Gasteiger partial charge in [-0.15, -0.1) is 0 Å². The maximum absolute atomic E-state index is 11.7. The van der Waals surface area contributed by atoms with Gasteiger partial charge in [0.2, 0.25) is 15.9 Å². The van der Waals surface area contributed by atoms with Crippen molar-refractivity contribution in [2.24, 2.45) is 5.73 Å². The molecular formula is C8H10ClN3O3S. The van der Waals surface area contributed by atoms with Crippen LogP contribution in [0, 0.1) is 0 Å². The van der Waals surface area contributed by atoms with E-state index in [9.17, 15) is 13.2 Å². The lowest BCUT2D eigenvalue weighted by Crippen LogP contribution is -2.33. The highest BCUT2D eigenvalue weighted by Gasteiger charge is 2.18. The fourth-order valence-electron chi connectivity index (χ4n) is 0.970. The molecule has 1 amide bonds. The number of nitrogen functional groups attached to an aromatic ring is 1. The van der Waals surface area contributed by atoms with Crippen LogP contribution < -0.4 is 16.2 Å². The monoisotopic (exact) mass is 263 g/mol. The van der Waals surface area contributed by atoms with Crippen molar-refractivity contribution in [3.8, 4) is 0 Å². The lowest BCUT2D eigenvalue weighted by atomic mass is 10.3. The predicted octanol–water partition coefficient (Wildman–Crippen LogP) is -0.314. The van der Waals surface area contributed by atoms with E-state index in [1.807, 2.05) is 4.72 Å². The third-order valence-electron chi connectivity index (χ3n) is 1.68. The molecule has 0 saturated carbocycles. The summed E-state index contributed by atoms with van der Waals surface area (Å²) < 4.78 is 25.3. The van der Waals surface area contributed by atoms with Gasteiger partial charge in [0, 0.05) is 5.69 Å². The fraction of sp³-hybridized carbons (Fsp3) is 0.125. The Kier molecular flexibility index (Phi) is 3.74. The summed E-state index contributed by atoms with van der Waals surface area (Å²) >= 11 is 5.71. The van der Waals surface area contributed by atoms with Gasteiger partial charge in [0.1, 0.15) is 4.90 Å². The van der Waals surface area contributed by atoms with Gasteiger partial charge in [-0.3, -0.25) is 4.79 Å². The number of benzene rings is 1. The van der Waals surface area contributed by atoms with Crippen LogP contribution in [0.2, 0.25) is 5.02 Å². The topological polar surface area (TPSA) is 115 Å². The SMILES string of the molecule is NC(=O)CNS(=O)(=O)c1cc(N)ccc1Cl. The number of primary amides is 1. The zero-order valence-electron chi connectivity index (χ0n) is 8.10. The zero-order chi connectivity index (χ0) is 12.3. The van der Waals surface area contributed by atoms with Crippen LogP contribution in [0.1, 0.15) is 0 Å². The summed E-state index contributed by atoms with van der Waals surface area (Å²) in [5.74, 6) is -0.788. The number of hydrogen-bond acceptors (Lipinski definition) is 4. The van der Waals surface area contributed by atoms with Gasteiger partial charge >= 0.3 is 0 Å². The molecule has 88 valence electrons. The Labute approximate surface area is 97.6 Å². The van der Waals surface area contributed by atoms with Crippen molar-refractivity contribution in [1.82, 2.24) is 4.72 Å². The Morgan fingerprint density at radius 1 is 1.44 bits per heavy atom. The van der Waals surface area contributed by atoms with Crippen molar-refractivity contribution < 1.29 is 13.2 Å². The second-order valence-electron chi connectivity index (χ2n) is 2.98. The molecule has 1 aromatic rings. The average Bonchev–Trinajstić information content (AvgIpc) is 2.19. The van der Waals surface area contributed by atoms with Crippen molar-refractivity contribution >= 4 is 33.2 Å². The highest BCUT2D eigenvalue weighted by atomic mass is 35.5. The minimum Gasteiger partial charge on any atom is -0.399 e. The summed E-state index contributed by atoms with van der Waals surface area (Å²) in [6.45, 7) is -0.493. The highest BCUT2D eigenvalue weighted by molar-refractivity contribution is 7.89. The molecule has 0 atom stereocenters. The summed E-state index contributed by atoms with van der Waals surface area (Å²) in [7, 11) is -3.87. The lowest BCUT2D eigenvalue weighted by Gasteiger charge is -2.07. The number of anilines is 1. The quantitative estimate of drug-likeness (QED) is 0.646. The molecule has 0 aliphatic heterocycles. The van der Waals surface area contributed by atoms with Crippen LogP contribution in [-0.2, 0) is 14.8 Å². The molecule has 0 radical (unpaired) electrons. The van der Waals surface area contributed by atoms with Crippen LogP contribution in [0.4, 0.5) is 5.69 Å². The van der Waals surface area contributed by atoms with E-state index in [2.05, 4.69) is 0 Å². The third-order valence-corrected chi connectivity index (χ3v) is 3.56. The Balaban J connectivity index is 3.07. The van der Waals surface area contributed by atoms with Crippen molar-refractivity contribution in [1.29, 1.82) is 0 Å². The molecule has 16 heavy (non-hydrogen) atoms. The van der Waals surface area contributed by atoms with Crippen LogP contribution in [0.15, 0.2) is 23.1 Å². The highest BCUT2D eigenvalue weighted by Crippen LogP contribution is 2.23. The number of carbonyl (C=O) groups is 1. The molecular weight excluding hydrogens is 254 g/mol. The number of carbonyl (C=O) groups excluding carboxylic acids is 1. The first-order valence-corrected chi connectivity index (χ1v) is 6.02. The molecule has 8 heteroatoms. The molecule has 0 spiro atoms. The molecule has 0 heterocycles. The number of amides is 1. The van der Waals surface area contributed by atoms with Gasteiger partial charge in [0.15, 0.2) is 0 Å². The first-order chi connectivity index (χ1) is 7.33. The second kappa shape index (κ2) is 4.69. The zero-order valence-corrected chi connectivity index (χ0v) is 9.68. The number of halogens is 1.